The van der Waals surface area contributed by atoms with E-state index >= 15 is 0 Å². The molecule has 1 amide bonds. The Balaban J connectivity index is 0.00000320. The molecule has 8 nitrogen and oxygen atoms in total. The summed E-state index contributed by atoms with van der Waals surface area (Å²) >= 11 is 0. The molecule has 2 fully saturated rings. The van der Waals surface area contributed by atoms with Crippen molar-refractivity contribution in [1.82, 2.24) is 25.2 Å². The molecule has 170 valence electrons. The minimum atomic E-state index is -0.0372. The average Bonchev–Trinajstić information content (AvgIpc) is 3.37. The fourth-order valence-corrected chi connectivity index (χ4v) is 4.55. The van der Waals surface area contributed by atoms with Crippen molar-refractivity contribution in [1.29, 1.82) is 0 Å². The van der Waals surface area contributed by atoms with Gasteiger partial charge in [0.05, 0.1) is 11.7 Å². The maximum absolute atomic E-state index is 12.7. The van der Waals surface area contributed by atoms with Gasteiger partial charge in [-0.2, -0.15) is 0 Å². The molecule has 1 aromatic rings. The van der Waals surface area contributed by atoms with Gasteiger partial charge in [0.1, 0.15) is 5.76 Å². The number of likely N-dealkylation sites (tertiary alicyclic amines) is 1. The number of amides is 1. The van der Waals surface area contributed by atoms with Crippen LogP contribution in [0.1, 0.15) is 49.6 Å². The predicted molar refractivity (Wildman–Crippen MR) is 130 cm³/mol. The molecule has 2 unspecified atom stereocenters. The van der Waals surface area contributed by atoms with E-state index < -0.39 is 0 Å². The number of aliphatic imine (C=N–C) groups is 1. The number of hydrogen-bond donors (Lipinski definition) is 1. The first kappa shape index (κ1) is 24.9. The lowest BCUT2D eigenvalue weighted by molar-refractivity contribution is -0.135. The largest absolute Gasteiger partial charge is 0.361 e. The SMILES string of the molecule is CN=C(NCC(C)c1c(C)noc1C)N1CCN(C(C)C(=O)N2CCCC2)CC1.I. The van der Waals surface area contributed by atoms with Crippen molar-refractivity contribution < 1.29 is 9.32 Å². The molecule has 0 bridgehead atoms. The minimum absolute atomic E-state index is 0. The van der Waals surface area contributed by atoms with Gasteiger partial charge in [0.2, 0.25) is 5.91 Å². The third-order valence-electron chi connectivity index (χ3n) is 6.30. The van der Waals surface area contributed by atoms with Crippen LogP contribution in [-0.4, -0.2) is 90.6 Å². The number of nitrogens with zero attached hydrogens (tertiary/aromatic N) is 5. The van der Waals surface area contributed by atoms with E-state index in [1.807, 2.05) is 25.8 Å². The molecular weight excluding hydrogens is 495 g/mol. The Kier molecular flexibility index (Phi) is 9.39. The molecule has 1 aromatic heterocycles. The van der Waals surface area contributed by atoms with Gasteiger partial charge >= 0.3 is 0 Å². The lowest BCUT2D eigenvalue weighted by atomic mass is 10.00. The van der Waals surface area contributed by atoms with Crippen LogP contribution in [0.2, 0.25) is 0 Å². The number of aromatic nitrogens is 1. The molecule has 0 spiro atoms. The van der Waals surface area contributed by atoms with Crippen LogP contribution in [0.25, 0.3) is 0 Å². The van der Waals surface area contributed by atoms with Gasteiger partial charge in [-0.05, 0) is 33.6 Å². The maximum Gasteiger partial charge on any atom is 0.239 e. The van der Waals surface area contributed by atoms with Gasteiger partial charge in [-0.1, -0.05) is 12.1 Å². The van der Waals surface area contributed by atoms with Crippen LogP contribution in [0.5, 0.6) is 0 Å². The van der Waals surface area contributed by atoms with Crippen molar-refractivity contribution in [3.8, 4) is 0 Å². The normalized spacial score (nSPS) is 20.1. The second-order valence-corrected chi connectivity index (χ2v) is 8.30. The molecule has 0 saturated carbocycles. The molecule has 0 aromatic carbocycles. The molecule has 1 N–H and O–H groups in total. The van der Waals surface area contributed by atoms with Crippen molar-refractivity contribution >= 4 is 35.8 Å². The van der Waals surface area contributed by atoms with Crippen molar-refractivity contribution in [2.75, 3.05) is 52.9 Å². The van der Waals surface area contributed by atoms with E-state index in [9.17, 15) is 4.79 Å². The molecule has 3 heterocycles. The van der Waals surface area contributed by atoms with Gasteiger partial charge in [0, 0.05) is 64.3 Å². The van der Waals surface area contributed by atoms with Crippen LogP contribution in [0.4, 0.5) is 0 Å². The molecule has 0 aliphatic carbocycles. The summed E-state index contributed by atoms with van der Waals surface area (Å²) < 4.78 is 5.30. The molecule has 0 radical (unpaired) electrons. The Labute approximate surface area is 197 Å². The van der Waals surface area contributed by atoms with E-state index in [1.165, 1.54) is 5.56 Å². The summed E-state index contributed by atoms with van der Waals surface area (Å²) in [5.74, 6) is 2.38. The van der Waals surface area contributed by atoms with Gasteiger partial charge in [0.15, 0.2) is 5.96 Å². The maximum atomic E-state index is 12.7. The molecule has 9 heteroatoms. The molecule has 2 saturated heterocycles. The third-order valence-corrected chi connectivity index (χ3v) is 6.30. The standard InChI is InChI=1S/C21H36N6O2.HI/c1-15(19-16(2)24-29-18(19)4)14-23-21(22-5)27-12-10-25(11-13-27)17(3)20(28)26-8-6-7-9-26;/h15,17H,6-14H2,1-5H3,(H,22,23);1H. The number of guanidine groups is 1. The second-order valence-electron chi connectivity index (χ2n) is 8.30. The molecule has 2 aliphatic heterocycles. The first-order chi connectivity index (χ1) is 13.9. The highest BCUT2D eigenvalue weighted by atomic mass is 127. The highest BCUT2D eigenvalue weighted by Gasteiger charge is 2.30. The smallest absolute Gasteiger partial charge is 0.239 e. The Bertz CT molecular complexity index is 704. The monoisotopic (exact) mass is 532 g/mol. The van der Waals surface area contributed by atoms with E-state index in [-0.39, 0.29) is 41.8 Å². The lowest BCUT2D eigenvalue weighted by Gasteiger charge is -2.39. The zero-order valence-corrected chi connectivity index (χ0v) is 21.3. The number of carbonyl (C=O) groups is 1. The summed E-state index contributed by atoms with van der Waals surface area (Å²) in [5, 5.41) is 7.57. The first-order valence-corrected chi connectivity index (χ1v) is 10.8. The van der Waals surface area contributed by atoms with Crippen LogP contribution in [0.3, 0.4) is 0 Å². The van der Waals surface area contributed by atoms with Crippen LogP contribution in [-0.2, 0) is 4.79 Å². The number of carbonyl (C=O) groups excluding carboxylic acids is 1. The number of nitrogens with one attached hydrogen (secondary N) is 1. The van der Waals surface area contributed by atoms with E-state index in [0.29, 0.717) is 0 Å². The van der Waals surface area contributed by atoms with Gasteiger partial charge in [-0.3, -0.25) is 14.7 Å². The number of halogens is 1. The van der Waals surface area contributed by atoms with Crippen molar-refractivity contribution in [2.45, 2.75) is 52.5 Å². The summed E-state index contributed by atoms with van der Waals surface area (Å²) in [7, 11) is 1.83. The van der Waals surface area contributed by atoms with Gasteiger partial charge in [-0.15, -0.1) is 24.0 Å². The topological polar surface area (TPSA) is 77.2 Å². The molecule has 3 rings (SSSR count). The molecule has 2 atom stereocenters. The summed E-state index contributed by atoms with van der Waals surface area (Å²) in [5.41, 5.74) is 2.13. The summed E-state index contributed by atoms with van der Waals surface area (Å²) in [6.45, 7) is 14.3. The number of rotatable bonds is 5. The number of hydrogen-bond acceptors (Lipinski definition) is 5. The van der Waals surface area contributed by atoms with Crippen molar-refractivity contribution in [3.63, 3.8) is 0 Å². The summed E-state index contributed by atoms with van der Waals surface area (Å²) in [6, 6.07) is -0.0372. The lowest BCUT2D eigenvalue weighted by Crippen LogP contribution is -2.57. The van der Waals surface area contributed by atoms with E-state index in [1.54, 1.807) is 0 Å². The second kappa shape index (κ2) is 11.3. The number of piperazine rings is 1. The van der Waals surface area contributed by atoms with Crippen LogP contribution in [0, 0.1) is 13.8 Å². The Morgan fingerprint density at radius 3 is 2.27 bits per heavy atom. The highest BCUT2D eigenvalue weighted by molar-refractivity contribution is 14.0. The summed E-state index contributed by atoms with van der Waals surface area (Å²) in [4.78, 5) is 23.8. The fourth-order valence-electron chi connectivity index (χ4n) is 4.55. The van der Waals surface area contributed by atoms with Crippen LogP contribution in [0.15, 0.2) is 9.52 Å². The predicted octanol–water partition coefficient (Wildman–Crippen LogP) is 2.22. The van der Waals surface area contributed by atoms with E-state index in [2.05, 4.69) is 39.1 Å². The van der Waals surface area contributed by atoms with Crippen molar-refractivity contribution in [3.05, 3.63) is 17.0 Å². The zero-order chi connectivity index (χ0) is 21.0. The quantitative estimate of drug-likeness (QED) is 0.356. The van der Waals surface area contributed by atoms with E-state index in [0.717, 1.165) is 76.1 Å². The van der Waals surface area contributed by atoms with Gasteiger partial charge in [-0.25, -0.2) is 0 Å². The average molecular weight is 532 g/mol. The Morgan fingerprint density at radius 2 is 1.73 bits per heavy atom. The summed E-state index contributed by atoms with van der Waals surface area (Å²) in [6.07, 6.45) is 2.28. The number of aryl methyl sites for hydroxylation is 2. The van der Waals surface area contributed by atoms with Crippen LogP contribution < -0.4 is 5.32 Å². The molecular formula is C21H37IN6O2. The van der Waals surface area contributed by atoms with Crippen LogP contribution >= 0.6 is 24.0 Å². The van der Waals surface area contributed by atoms with Gasteiger partial charge in [0.25, 0.3) is 0 Å². The minimum Gasteiger partial charge on any atom is -0.361 e. The van der Waals surface area contributed by atoms with Gasteiger partial charge < -0.3 is 19.6 Å². The van der Waals surface area contributed by atoms with Crippen molar-refractivity contribution in [2.24, 2.45) is 4.99 Å². The Morgan fingerprint density at radius 1 is 1.10 bits per heavy atom. The third kappa shape index (κ3) is 5.66. The molecule has 30 heavy (non-hydrogen) atoms. The van der Waals surface area contributed by atoms with E-state index in [4.69, 9.17) is 4.52 Å². The fraction of sp³-hybridized carbons (Fsp3) is 0.762. The first-order valence-electron chi connectivity index (χ1n) is 10.8. The molecule has 2 aliphatic rings. The Hall–Kier alpha value is -1.36. The highest BCUT2D eigenvalue weighted by Crippen LogP contribution is 2.22. The zero-order valence-electron chi connectivity index (χ0n) is 19.0.